The standard InChI is InChI=1S/C8H8Cl2S/c1-5-3-4-6(9)8(11-2)7(5)10/h3-4H,1-2H3. The van der Waals surface area contributed by atoms with E-state index in [1.165, 1.54) is 0 Å². The first-order valence-electron chi connectivity index (χ1n) is 3.15. The van der Waals surface area contributed by atoms with Crippen molar-refractivity contribution in [2.45, 2.75) is 11.8 Å². The Hall–Kier alpha value is 0.150. The van der Waals surface area contributed by atoms with Crippen LogP contribution in [0.15, 0.2) is 17.0 Å². The number of hydrogen-bond acceptors (Lipinski definition) is 1. The van der Waals surface area contributed by atoms with Gasteiger partial charge in [-0.25, -0.2) is 0 Å². The molecule has 60 valence electrons. The van der Waals surface area contributed by atoms with Crippen molar-refractivity contribution in [1.82, 2.24) is 0 Å². The first-order valence-corrected chi connectivity index (χ1v) is 5.13. The van der Waals surface area contributed by atoms with E-state index in [1.54, 1.807) is 11.8 Å². The zero-order chi connectivity index (χ0) is 8.43. The quantitative estimate of drug-likeness (QED) is 0.626. The van der Waals surface area contributed by atoms with E-state index in [0.717, 1.165) is 20.5 Å². The van der Waals surface area contributed by atoms with Gasteiger partial charge in [0.05, 0.1) is 10.0 Å². The van der Waals surface area contributed by atoms with Gasteiger partial charge in [-0.05, 0) is 24.8 Å². The highest BCUT2D eigenvalue weighted by Crippen LogP contribution is 2.34. The smallest absolute Gasteiger partial charge is 0.0586 e. The fraction of sp³-hybridized carbons (Fsp3) is 0.250. The molecule has 0 bridgehead atoms. The lowest BCUT2D eigenvalue weighted by Gasteiger charge is -2.05. The first kappa shape index (κ1) is 9.24. The second kappa shape index (κ2) is 3.70. The van der Waals surface area contributed by atoms with E-state index in [0.29, 0.717) is 0 Å². The van der Waals surface area contributed by atoms with E-state index in [1.807, 2.05) is 25.3 Å². The van der Waals surface area contributed by atoms with Gasteiger partial charge in [-0.2, -0.15) is 0 Å². The molecule has 0 atom stereocenters. The molecule has 0 amide bonds. The molecule has 0 aromatic heterocycles. The van der Waals surface area contributed by atoms with Crippen LogP contribution in [0.25, 0.3) is 0 Å². The Morgan fingerprint density at radius 2 is 1.91 bits per heavy atom. The summed E-state index contributed by atoms with van der Waals surface area (Å²) in [6.07, 6.45) is 1.96. The molecule has 1 rings (SSSR count). The number of rotatable bonds is 1. The van der Waals surface area contributed by atoms with Crippen LogP contribution in [0.3, 0.4) is 0 Å². The Kier molecular flexibility index (Phi) is 3.11. The SMILES string of the molecule is CSc1c(Cl)ccc(C)c1Cl. The second-order valence-corrected chi connectivity index (χ2v) is 3.81. The van der Waals surface area contributed by atoms with Gasteiger partial charge in [0, 0.05) is 4.90 Å². The lowest BCUT2D eigenvalue weighted by Crippen LogP contribution is -1.80. The normalized spacial score (nSPS) is 10.2. The van der Waals surface area contributed by atoms with Crippen molar-refractivity contribution in [3.05, 3.63) is 27.7 Å². The molecule has 0 aliphatic heterocycles. The molecule has 11 heavy (non-hydrogen) atoms. The molecule has 0 saturated carbocycles. The fourth-order valence-electron chi connectivity index (χ4n) is 0.818. The average Bonchev–Trinajstić information content (AvgIpc) is 1.99. The van der Waals surface area contributed by atoms with E-state index in [2.05, 4.69) is 0 Å². The van der Waals surface area contributed by atoms with Gasteiger partial charge in [-0.3, -0.25) is 0 Å². The van der Waals surface area contributed by atoms with Gasteiger partial charge in [0.25, 0.3) is 0 Å². The van der Waals surface area contributed by atoms with Crippen LogP contribution in [0.2, 0.25) is 10.0 Å². The molecule has 0 aliphatic carbocycles. The minimum atomic E-state index is 0.730. The second-order valence-electron chi connectivity index (χ2n) is 2.21. The highest BCUT2D eigenvalue weighted by molar-refractivity contribution is 7.98. The number of aryl methyl sites for hydroxylation is 1. The maximum absolute atomic E-state index is 5.99. The molecule has 0 radical (unpaired) electrons. The van der Waals surface area contributed by atoms with E-state index < -0.39 is 0 Å². The molecule has 0 spiro atoms. The van der Waals surface area contributed by atoms with Crippen LogP contribution in [0.5, 0.6) is 0 Å². The van der Waals surface area contributed by atoms with Crippen molar-refractivity contribution in [1.29, 1.82) is 0 Å². The van der Waals surface area contributed by atoms with Crippen LogP contribution >= 0.6 is 35.0 Å². The zero-order valence-corrected chi connectivity index (χ0v) is 8.65. The molecule has 0 aliphatic rings. The fourth-order valence-corrected chi connectivity index (χ4v) is 2.25. The summed E-state index contributed by atoms with van der Waals surface area (Å²) in [6, 6.07) is 3.79. The molecule has 1 aromatic carbocycles. The third-order valence-corrected chi connectivity index (χ3v) is 3.30. The maximum Gasteiger partial charge on any atom is 0.0586 e. The van der Waals surface area contributed by atoms with Crippen molar-refractivity contribution in [2.24, 2.45) is 0 Å². The molecule has 3 heteroatoms. The Morgan fingerprint density at radius 1 is 1.27 bits per heavy atom. The Balaban J connectivity index is 3.29. The minimum absolute atomic E-state index is 0.730. The summed E-state index contributed by atoms with van der Waals surface area (Å²) in [4.78, 5) is 0.966. The summed E-state index contributed by atoms with van der Waals surface area (Å²) < 4.78 is 0. The van der Waals surface area contributed by atoms with Gasteiger partial charge in [-0.15, -0.1) is 11.8 Å². The lowest BCUT2D eigenvalue weighted by molar-refractivity contribution is 1.36. The highest BCUT2D eigenvalue weighted by atomic mass is 35.5. The van der Waals surface area contributed by atoms with Gasteiger partial charge >= 0.3 is 0 Å². The predicted molar refractivity (Wildman–Crippen MR) is 53.0 cm³/mol. The van der Waals surface area contributed by atoms with Crippen LogP contribution < -0.4 is 0 Å². The van der Waals surface area contributed by atoms with Gasteiger partial charge in [0.15, 0.2) is 0 Å². The average molecular weight is 207 g/mol. The van der Waals surface area contributed by atoms with E-state index >= 15 is 0 Å². The van der Waals surface area contributed by atoms with Crippen LogP contribution in [0.4, 0.5) is 0 Å². The van der Waals surface area contributed by atoms with Gasteiger partial charge < -0.3 is 0 Å². The molecule has 0 nitrogen and oxygen atoms in total. The van der Waals surface area contributed by atoms with Crippen LogP contribution in [0.1, 0.15) is 5.56 Å². The van der Waals surface area contributed by atoms with Crippen molar-refractivity contribution >= 4 is 35.0 Å². The van der Waals surface area contributed by atoms with Crippen LogP contribution in [-0.4, -0.2) is 6.26 Å². The van der Waals surface area contributed by atoms with Gasteiger partial charge in [0.1, 0.15) is 0 Å². The highest BCUT2D eigenvalue weighted by Gasteiger charge is 2.05. The molecule has 0 N–H and O–H groups in total. The molecule has 0 fully saturated rings. The Morgan fingerprint density at radius 3 is 2.36 bits per heavy atom. The molecule has 1 aromatic rings. The van der Waals surface area contributed by atoms with E-state index in [4.69, 9.17) is 23.2 Å². The molecule has 0 unspecified atom stereocenters. The van der Waals surface area contributed by atoms with Crippen LogP contribution in [0, 0.1) is 6.92 Å². The predicted octanol–water partition coefficient (Wildman–Crippen LogP) is 4.02. The van der Waals surface area contributed by atoms with Crippen molar-refractivity contribution in [3.63, 3.8) is 0 Å². The molecule has 0 saturated heterocycles. The summed E-state index contributed by atoms with van der Waals surface area (Å²) in [5.74, 6) is 0. The van der Waals surface area contributed by atoms with E-state index in [-0.39, 0.29) is 0 Å². The van der Waals surface area contributed by atoms with Gasteiger partial charge in [-0.1, -0.05) is 29.3 Å². The number of thioether (sulfide) groups is 1. The summed E-state index contributed by atoms with van der Waals surface area (Å²) in [6.45, 7) is 1.97. The molecular formula is C8H8Cl2S. The van der Waals surface area contributed by atoms with Crippen LogP contribution in [-0.2, 0) is 0 Å². The lowest BCUT2D eigenvalue weighted by atomic mass is 10.2. The van der Waals surface area contributed by atoms with Crippen molar-refractivity contribution in [2.75, 3.05) is 6.26 Å². The minimum Gasteiger partial charge on any atom is -0.127 e. The summed E-state index contributed by atoms with van der Waals surface area (Å²) >= 11 is 13.5. The summed E-state index contributed by atoms with van der Waals surface area (Å²) in [5, 5.41) is 1.50. The van der Waals surface area contributed by atoms with Crippen molar-refractivity contribution < 1.29 is 0 Å². The van der Waals surface area contributed by atoms with E-state index in [9.17, 15) is 0 Å². The maximum atomic E-state index is 5.99. The Labute approximate surface area is 80.9 Å². The first-order chi connectivity index (χ1) is 5.16. The number of halogens is 2. The zero-order valence-electron chi connectivity index (χ0n) is 6.32. The molecule has 0 heterocycles. The summed E-state index contributed by atoms with van der Waals surface area (Å²) in [7, 11) is 0. The third-order valence-electron chi connectivity index (χ3n) is 1.45. The third kappa shape index (κ3) is 1.84. The summed E-state index contributed by atoms with van der Waals surface area (Å²) in [5.41, 5.74) is 1.07. The van der Waals surface area contributed by atoms with Crippen molar-refractivity contribution in [3.8, 4) is 0 Å². The largest absolute Gasteiger partial charge is 0.127 e. The number of hydrogen-bond donors (Lipinski definition) is 0. The van der Waals surface area contributed by atoms with Gasteiger partial charge in [0.2, 0.25) is 0 Å². The monoisotopic (exact) mass is 206 g/mol. The Bertz CT molecular complexity index is 271. The topological polar surface area (TPSA) is 0 Å². The number of benzene rings is 1. The molecular weight excluding hydrogens is 199 g/mol.